The topological polar surface area (TPSA) is 114 Å². The van der Waals surface area contributed by atoms with Crippen LogP contribution in [0.15, 0.2) is 78.9 Å². The van der Waals surface area contributed by atoms with E-state index in [4.69, 9.17) is 9.47 Å². The fourth-order valence-electron chi connectivity index (χ4n) is 3.90. The Morgan fingerprint density at radius 3 is 2.06 bits per heavy atom. The van der Waals surface area contributed by atoms with Gasteiger partial charge in [-0.05, 0) is 35.2 Å². The van der Waals surface area contributed by atoms with Gasteiger partial charge in [0, 0.05) is 12.8 Å². The van der Waals surface area contributed by atoms with Gasteiger partial charge in [0.25, 0.3) is 0 Å². The average molecular weight is 489 g/mol. The summed E-state index contributed by atoms with van der Waals surface area (Å²) >= 11 is 0. The van der Waals surface area contributed by atoms with E-state index >= 15 is 0 Å². The second-order valence-corrected chi connectivity index (χ2v) is 8.59. The largest absolute Gasteiger partial charge is 0.485 e. The second kappa shape index (κ2) is 11.9. The van der Waals surface area contributed by atoms with Gasteiger partial charge in [-0.2, -0.15) is 0 Å². The highest BCUT2D eigenvalue weighted by Gasteiger charge is 2.30. The molecule has 3 aromatic rings. The Morgan fingerprint density at radius 1 is 0.889 bits per heavy atom. The molecule has 1 saturated heterocycles. The smallest absolute Gasteiger partial charge is 0.326 e. The minimum absolute atomic E-state index is 0.0440. The minimum Gasteiger partial charge on any atom is -0.485 e. The lowest BCUT2D eigenvalue weighted by Crippen LogP contribution is -2.49. The number of carbonyl (C=O) groups is 3. The number of aliphatic carboxylic acids is 1. The summed E-state index contributed by atoms with van der Waals surface area (Å²) in [4.78, 5) is 35.8. The zero-order valence-corrected chi connectivity index (χ0v) is 19.7. The maximum atomic E-state index is 12.5. The van der Waals surface area contributed by atoms with E-state index in [0.717, 1.165) is 11.1 Å². The van der Waals surface area contributed by atoms with Crippen LogP contribution in [0.2, 0.25) is 0 Å². The quantitative estimate of drug-likeness (QED) is 0.382. The van der Waals surface area contributed by atoms with E-state index in [2.05, 4.69) is 10.6 Å². The van der Waals surface area contributed by atoms with Crippen molar-refractivity contribution in [1.82, 2.24) is 10.6 Å². The van der Waals surface area contributed by atoms with Gasteiger partial charge in [0.1, 0.15) is 25.3 Å². The van der Waals surface area contributed by atoms with Crippen LogP contribution in [0.4, 0.5) is 0 Å². The maximum absolute atomic E-state index is 12.5. The van der Waals surface area contributed by atoms with E-state index in [0.29, 0.717) is 36.7 Å². The number of ether oxygens (including phenoxy) is 2. The summed E-state index contributed by atoms with van der Waals surface area (Å²) in [6, 6.07) is 22.8. The van der Waals surface area contributed by atoms with Crippen LogP contribution in [0.5, 0.6) is 11.5 Å². The van der Waals surface area contributed by atoms with Crippen molar-refractivity contribution in [1.29, 1.82) is 0 Å². The Kier molecular flexibility index (Phi) is 8.18. The molecule has 186 valence electrons. The third kappa shape index (κ3) is 6.85. The SMILES string of the molecule is O=C1CC[C@@H](C(=O)N[C@@H](Cc2ccc(OCc3ccccc3)c(OCc3ccccc3)c2)C(=O)O)N1. The molecule has 0 saturated carbocycles. The van der Waals surface area contributed by atoms with E-state index in [9.17, 15) is 19.5 Å². The lowest BCUT2D eigenvalue weighted by molar-refractivity contribution is -0.142. The van der Waals surface area contributed by atoms with Crippen LogP contribution in [-0.4, -0.2) is 35.0 Å². The van der Waals surface area contributed by atoms with E-state index in [1.165, 1.54) is 0 Å². The highest BCUT2D eigenvalue weighted by atomic mass is 16.5. The van der Waals surface area contributed by atoms with Crippen molar-refractivity contribution in [3.05, 3.63) is 95.6 Å². The lowest BCUT2D eigenvalue weighted by atomic mass is 10.0. The number of hydrogen-bond acceptors (Lipinski definition) is 5. The first-order valence-corrected chi connectivity index (χ1v) is 11.8. The second-order valence-electron chi connectivity index (χ2n) is 8.59. The number of amides is 2. The Balaban J connectivity index is 1.49. The monoisotopic (exact) mass is 488 g/mol. The zero-order chi connectivity index (χ0) is 25.3. The van der Waals surface area contributed by atoms with Gasteiger partial charge in [-0.25, -0.2) is 4.79 Å². The van der Waals surface area contributed by atoms with Crippen molar-refractivity contribution in [2.45, 2.75) is 44.6 Å². The van der Waals surface area contributed by atoms with Crippen LogP contribution in [-0.2, 0) is 34.0 Å². The molecule has 8 nitrogen and oxygen atoms in total. The van der Waals surface area contributed by atoms with Crippen molar-refractivity contribution >= 4 is 17.8 Å². The van der Waals surface area contributed by atoms with Gasteiger partial charge in [-0.3, -0.25) is 9.59 Å². The molecule has 3 aromatic carbocycles. The van der Waals surface area contributed by atoms with Crippen LogP contribution < -0.4 is 20.1 Å². The Labute approximate surface area is 209 Å². The Morgan fingerprint density at radius 2 is 1.50 bits per heavy atom. The molecule has 0 radical (unpaired) electrons. The van der Waals surface area contributed by atoms with E-state index in [1.54, 1.807) is 18.2 Å². The molecular weight excluding hydrogens is 460 g/mol. The molecule has 2 atom stereocenters. The molecule has 8 heteroatoms. The minimum atomic E-state index is -1.16. The van der Waals surface area contributed by atoms with Crippen molar-refractivity contribution in [2.24, 2.45) is 0 Å². The molecule has 0 bridgehead atoms. The Hall–Kier alpha value is -4.33. The zero-order valence-electron chi connectivity index (χ0n) is 19.7. The first kappa shape index (κ1) is 24.8. The van der Waals surface area contributed by atoms with Gasteiger partial charge in [0.05, 0.1) is 0 Å². The number of rotatable bonds is 11. The number of benzene rings is 3. The molecule has 2 amide bonds. The van der Waals surface area contributed by atoms with Gasteiger partial charge in [-0.1, -0.05) is 66.7 Å². The predicted molar refractivity (Wildman–Crippen MR) is 132 cm³/mol. The fourth-order valence-corrected chi connectivity index (χ4v) is 3.90. The summed E-state index contributed by atoms with van der Waals surface area (Å²) in [7, 11) is 0. The predicted octanol–water partition coefficient (Wildman–Crippen LogP) is 3.24. The molecular formula is C28H28N2O6. The molecule has 1 heterocycles. The van der Waals surface area contributed by atoms with Crippen LogP contribution in [0.3, 0.4) is 0 Å². The molecule has 1 aliphatic heterocycles. The Bertz CT molecular complexity index is 1200. The van der Waals surface area contributed by atoms with Gasteiger partial charge >= 0.3 is 5.97 Å². The number of carboxylic acids is 1. The van der Waals surface area contributed by atoms with Crippen LogP contribution in [0.25, 0.3) is 0 Å². The van der Waals surface area contributed by atoms with E-state index in [1.807, 2.05) is 60.7 Å². The molecule has 4 rings (SSSR count). The number of nitrogens with one attached hydrogen (secondary N) is 2. The summed E-state index contributed by atoms with van der Waals surface area (Å²) < 4.78 is 12.1. The van der Waals surface area contributed by atoms with Gasteiger partial charge in [0.15, 0.2) is 11.5 Å². The van der Waals surface area contributed by atoms with Crippen molar-refractivity contribution < 1.29 is 29.0 Å². The van der Waals surface area contributed by atoms with Crippen LogP contribution >= 0.6 is 0 Å². The molecule has 1 fully saturated rings. The third-order valence-electron chi connectivity index (χ3n) is 5.85. The summed E-state index contributed by atoms with van der Waals surface area (Å²) in [6.45, 7) is 0.662. The molecule has 1 aliphatic rings. The first-order valence-electron chi connectivity index (χ1n) is 11.8. The highest BCUT2D eigenvalue weighted by molar-refractivity contribution is 5.92. The molecule has 36 heavy (non-hydrogen) atoms. The summed E-state index contributed by atoms with van der Waals surface area (Å²) in [5.41, 5.74) is 2.64. The maximum Gasteiger partial charge on any atom is 0.326 e. The highest BCUT2D eigenvalue weighted by Crippen LogP contribution is 2.30. The first-order chi connectivity index (χ1) is 17.5. The number of carbonyl (C=O) groups excluding carboxylic acids is 2. The normalized spacial score (nSPS) is 15.6. The van der Waals surface area contributed by atoms with Crippen LogP contribution in [0, 0.1) is 0 Å². The number of hydrogen-bond donors (Lipinski definition) is 3. The van der Waals surface area contributed by atoms with Gasteiger partial charge < -0.3 is 25.2 Å². The summed E-state index contributed by atoms with van der Waals surface area (Å²) in [5, 5.41) is 14.8. The van der Waals surface area contributed by atoms with E-state index < -0.39 is 24.0 Å². The third-order valence-corrected chi connectivity index (χ3v) is 5.85. The number of carboxylic acid groups (broad SMARTS) is 1. The summed E-state index contributed by atoms with van der Waals surface area (Å²) in [6.07, 6.45) is 0.646. The molecule has 0 spiro atoms. The average Bonchev–Trinajstić information content (AvgIpc) is 3.34. The molecule has 3 N–H and O–H groups in total. The van der Waals surface area contributed by atoms with Gasteiger partial charge in [-0.15, -0.1) is 0 Å². The molecule has 0 aromatic heterocycles. The molecule has 0 aliphatic carbocycles. The van der Waals surface area contributed by atoms with Crippen molar-refractivity contribution in [3.63, 3.8) is 0 Å². The standard InChI is InChI=1S/C28H28N2O6/c31-26-14-12-22(29-26)27(32)30-23(28(33)34)15-21-11-13-24(35-17-19-7-3-1-4-8-19)25(16-21)36-18-20-9-5-2-6-10-20/h1-11,13,16,22-23H,12,14-15,17-18H2,(H,29,31)(H,30,32)(H,33,34)/t22-,23-/m0/s1. The summed E-state index contributed by atoms with van der Waals surface area (Å²) in [5.74, 6) is -0.873. The van der Waals surface area contributed by atoms with E-state index in [-0.39, 0.29) is 18.7 Å². The fraction of sp³-hybridized carbons (Fsp3) is 0.250. The van der Waals surface area contributed by atoms with Crippen molar-refractivity contribution in [3.8, 4) is 11.5 Å². The molecule has 0 unspecified atom stereocenters. The van der Waals surface area contributed by atoms with Gasteiger partial charge in [0.2, 0.25) is 11.8 Å². The van der Waals surface area contributed by atoms with Crippen LogP contribution in [0.1, 0.15) is 29.5 Å². The van der Waals surface area contributed by atoms with Crippen molar-refractivity contribution in [2.75, 3.05) is 0 Å². The lowest BCUT2D eigenvalue weighted by Gasteiger charge is -2.19.